The SMILES string of the molecule is CC(C)=CCC[C@@]1(O)C[C@@H]1CCO. The molecule has 0 unspecified atom stereocenters. The molecule has 2 atom stereocenters. The summed E-state index contributed by atoms with van der Waals surface area (Å²) < 4.78 is 0. The van der Waals surface area contributed by atoms with Crippen LogP contribution >= 0.6 is 0 Å². The highest BCUT2D eigenvalue weighted by molar-refractivity contribution is 5.05. The Kier molecular flexibility index (Phi) is 3.51. The van der Waals surface area contributed by atoms with E-state index in [2.05, 4.69) is 19.9 Å². The molecule has 0 aromatic heterocycles. The van der Waals surface area contributed by atoms with Crippen molar-refractivity contribution in [2.45, 2.75) is 45.1 Å². The number of aliphatic hydroxyl groups excluding tert-OH is 1. The third kappa shape index (κ3) is 3.12. The van der Waals surface area contributed by atoms with E-state index in [1.807, 2.05) is 0 Å². The molecule has 0 aromatic rings. The highest BCUT2D eigenvalue weighted by Gasteiger charge is 2.50. The number of hydrogen-bond acceptors (Lipinski definition) is 2. The first-order valence-corrected chi connectivity index (χ1v) is 5.05. The second-order valence-electron chi connectivity index (χ2n) is 4.34. The van der Waals surface area contributed by atoms with Crippen molar-refractivity contribution in [1.82, 2.24) is 0 Å². The van der Waals surface area contributed by atoms with E-state index in [1.165, 1.54) is 5.57 Å². The molecule has 1 saturated carbocycles. The van der Waals surface area contributed by atoms with Crippen LogP contribution in [0.3, 0.4) is 0 Å². The average molecular weight is 184 g/mol. The van der Waals surface area contributed by atoms with Gasteiger partial charge in [0.25, 0.3) is 0 Å². The van der Waals surface area contributed by atoms with Crippen LogP contribution in [-0.2, 0) is 0 Å². The molecule has 0 heterocycles. The van der Waals surface area contributed by atoms with Gasteiger partial charge in [0.2, 0.25) is 0 Å². The van der Waals surface area contributed by atoms with Gasteiger partial charge in [0, 0.05) is 6.61 Å². The molecule has 0 amide bonds. The van der Waals surface area contributed by atoms with E-state index in [4.69, 9.17) is 5.11 Å². The van der Waals surface area contributed by atoms with Crippen LogP contribution in [0.2, 0.25) is 0 Å². The summed E-state index contributed by atoms with van der Waals surface area (Å²) in [4.78, 5) is 0. The Morgan fingerprint density at radius 2 is 2.23 bits per heavy atom. The molecule has 2 nitrogen and oxygen atoms in total. The van der Waals surface area contributed by atoms with Crippen molar-refractivity contribution in [2.75, 3.05) is 6.61 Å². The zero-order valence-corrected chi connectivity index (χ0v) is 8.58. The maximum atomic E-state index is 9.89. The second kappa shape index (κ2) is 4.25. The normalized spacial score (nSPS) is 31.5. The minimum absolute atomic E-state index is 0.204. The van der Waals surface area contributed by atoms with Crippen molar-refractivity contribution in [3.63, 3.8) is 0 Å². The van der Waals surface area contributed by atoms with E-state index in [9.17, 15) is 5.11 Å². The van der Waals surface area contributed by atoms with E-state index >= 15 is 0 Å². The third-order valence-corrected chi connectivity index (χ3v) is 2.81. The Labute approximate surface area is 80.3 Å². The predicted octanol–water partition coefficient (Wildman–Crippen LogP) is 1.87. The largest absolute Gasteiger partial charge is 0.396 e. The first-order chi connectivity index (χ1) is 6.08. The van der Waals surface area contributed by atoms with Gasteiger partial charge in [0.1, 0.15) is 0 Å². The van der Waals surface area contributed by atoms with Crippen LogP contribution in [0, 0.1) is 5.92 Å². The van der Waals surface area contributed by atoms with Gasteiger partial charge in [-0.15, -0.1) is 0 Å². The molecule has 1 fully saturated rings. The van der Waals surface area contributed by atoms with Crippen LogP contribution in [0.1, 0.15) is 39.5 Å². The van der Waals surface area contributed by atoms with Gasteiger partial charge in [0.05, 0.1) is 5.60 Å². The summed E-state index contributed by atoms with van der Waals surface area (Å²) in [6.07, 6.45) is 5.60. The van der Waals surface area contributed by atoms with Crippen LogP contribution in [0.4, 0.5) is 0 Å². The Balaban J connectivity index is 2.20. The molecule has 13 heavy (non-hydrogen) atoms. The van der Waals surface area contributed by atoms with Gasteiger partial charge in [-0.2, -0.15) is 0 Å². The number of allylic oxidation sites excluding steroid dienone is 2. The molecule has 2 N–H and O–H groups in total. The topological polar surface area (TPSA) is 40.5 Å². The molecular weight excluding hydrogens is 164 g/mol. The summed E-state index contributed by atoms with van der Waals surface area (Å²) >= 11 is 0. The van der Waals surface area contributed by atoms with Gasteiger partial charge >= 0.3 is 0 Å². The molecule has 76 valence electrons. The van der Waals surface area contributed by atoms with Gasteiger partial charge in [0.15, 0.2) is 0 Å². The monoisotopic (exact) mass is 184 g/mol. The summed E-state index contributed by atoms with van der Waals surface area (Å²) in [6, 6.07) is 0. The van der Waals surface area contributed by atoms with Gasteiger partial charge in [-0.1, -0.05) is 11.6 Å². The lowest BCUT2D eigenvalue weighted by molar-refractivity contribution is 0.114. The molecule has 0 radical (unpaired) electrons. The van der Waals surface area contributed by atoms with Crippen molar-refractivity contribution in [3.05, 3.63) is 11.6 Å². The lowest BCUT2D eigenvalue weighted by atomic mass is 10.1. The molecule has 0 aromatic carbocycles. The van der Waals surface area contributed by atoms with E-state index in [0.717, 1.165) is 25.7 Å². The first-order valence-electron chi connectivity index (χ1n) is 5.05. The number of hydrogen-bond donors (Lipinski definition) is 2. The number of aliphatic hydroxyl groups is 2. The van der Waals surface area contributed by atoms with Crippen molar-refractivity contribution >= 4 is 0 Å². The fourth-order valence-electron chi connectivity index (χ4n) is 1.81. The molecule has 0 bridgehead atoms. The Bertz CT molecular complexity index is 194. The Hall–Kier alpha value is -0.340. The van der Waals surface area contributed by atoms with Crippen LogP contribution in [-0.4, -0.2) is 22.4 Å². The van der Waals surface area contributed by atoms with E-state index in [1.54, 1.807) is 0 Å². The quantitative estimate of drug-likeness (QED) is 0.640. The standard InChI is InChI=1S/C11H20O2/c1-9(2)4-3-6-11(13)8-10(11)5-7-12/h4,10,12-13H,3,5-8H2,1-2H3/t10-,11+/m0/s1. The lowest BCUT2D eigenvalue weighted by Gasteiger charge is -2.07. The van der Waals surface area contributed by atoms with Crippen LogP contribution in [0.15, 0.2) is 11.6 Å². The minimum atomic E-state index is -0.450. The molecule has 0 spiro atoms. The predicted molar refractivity (Wildman–Crippen MR) is 53.4 cm³/mol. The van der Waals surface area contributed by atoms with Crippen LogP contribution in [0.25, 0.3) is 0 Å². The summed E-state index contributed by atoms with van der Waals surface area (Å²) in [5.41, 5.74) is 0.859. The molecule has 1 aliphatic carbocycles. The van der Waals surface area contributed by atoms with Gasteiger partial charge in [-0.3, -0.25) is 0 Å². The van der Waals surface area contributed by atoms with E-state index in [0.29, 0.717) is 5.92 Å². The average Bonchev–Trinajstić information content (AvgIpc) is 2.62. The number of rotatable bonds is 5. The van der Waals surface area contributed by atoms with Crippen molar-refractivity contribution in [1.29, 1.82) is 0 Å². The maximum Gasteiger partial charge on any atom is 0.0684 e. The molecule has 1 aliphatic rings. The van der Waals surface area contributed by atoms with Crippen molar-refractivity contribution in [2.24, 2.45) is 5.92 Å². The summed E-state index contributed by atoms with van der Waals surface area (Å²) in [5, 5.41) is 18.6. The van der Waals surface area contributed by atoms with E-state index in [-0.39, 0.29) is 6.61 Å². The van der Waals surface area contributed by atoms with Crippen LogP contribution in [0.5, 0.6) is 0 Å². The third-order valence-electron chi connectivity index (χ3n) is 2.81. The Morgan fingerprint density at radius 3 is 2.77 bits per heavy atom. The van der Waals surface area contributed by atoms with Gasteiger partial charge < -0.3 is 10.2 Å². The zero-order valence-electron chi connectivity index (χ0n) is 8.58. The summed E-state index contributed by atoms with van der Waals surface area (Å²) in [7, 11) is 0. The maximum absolute atomic E-state index is 9.89. The van der Waals surface area contributed by atoms with Gasteiger partial charge in [-0.25, -0.2) is 0 Å². The van der Waals surface area contributed by atoms with E-state index < -0.39 is 5.60 Å². The van der Waals surface area contributed by atoms with Crippen molar-refractivity contribution in [3.8, 4) is 0 Å². The molecule has 2 heteroatoms. The van der Waals surface area contributed by atoms with Gasteiger partial charge in [-0.05, 0) is 45.4 Å². The Morgan fingerprint density at radius 1 is 1.54 bits per heavy atom. The molecule has 1 rings (SSSR count). The first kappa shape index (κ1) is 10.7. The lowest BCUT2D eigenvalue weighted by Crippen LogP contribution is -2.11. The summed E-state index contributed by atoms with van der Waals surface area (Å²) in [6.45, 7) is 4.35. The minimum Gasteiger partial charge on any atom is -0.396 e. The molecule has 0 aliphatic heterocycles. The zero-order chi connectivity index (χ0) is 9.90. The van der Waals surface area contributed by atoms with Crippen molar-refractivity contribution < 1.29 is 10.2 Å². The summed E-state index contributed by atoms with van der Waals surface area (Å²) in [5.74, 6) is 0.350. The molecule has 0 saturated heterocycles. The second-order valence-corrected chi connectivity index (χ2v) is 4.34. The van der Waals surface area contributed by atoms with Crippen LogP contribution < -0.4 is 0 Å². The highest BCUT2D eigenvalue weighted by atomic mass is 16.3. The fourth-order valence-corrected chi connectivity index (χ4v) is 1.81. The molecular formula is C11H20O2. The smallest absolute Gasteiger partial charge is 0.0684 e. The fraction of sp³-hybridized carbons (Fsp3) is 0.818. The highest BCUT2D eigenvalue weighted by Crippen LogP contribution is 2.48.